The quantitative estimate of drug-likeness (QED) is 0.586. The van der Waals surface area contributed by atoms with Crippen LogP contribution in [-0.2, 0) is 4.79 Å². The molecule has 0 bridgehead atoms. The second kappa shape index (κ2) is 8.37. The van der Waals surface area contributed by atoms with Crippen LogP contribution in [-0.4, -0.2) is 19.0 Å². The number of rotatable bonds is 6. The Morgan fingerprint density at radius 2 is 1.93 bits per heavy atom. The average molecular weight is 400 g/mol. The summed E-state index contributed by atoms with van der Waals surface area (Å²) >= 11 is 0. The van der Waals surface area contributed by atoms with Crippen LogP contribution < -0.4 is 5.32 Å². The van der Waals surface area contributed by atoms with Gasteiger partial charge in [-0.05, 0) is 61.5 Å². The van der Waals surface area contributed by atoms with Crippen molar-refractivity contribution in [2.24, 2.45) is 32.9 Å². The zero-order valence-corrected chi connectivity index (χ0v) is 18.3. The van der Waals surface area contributed by atoms with Crippen molar-refractivity contribution in [1.29, 1.82) is 0 Å². The van der Waals surface area contributed by atoms with E-state index in [0.29, 0.717) is 23.2 Å². The number of carbonyl (C=O) groups excluding carboxylic acids is 1. The van der Waals surface area contributed by atoms with E-state index in [-0.39, 0.29) is 23.1 Å². The minimum absolute atomic E-state index is 0.142. The summed E-state index contributed by atoms with van der Waals surface area (Å²) < 4.78 is 14.3. The van der Waals surface area contributed by atoms with Gasteiger partial charge in [0.25, 0.3) is 0 Å². The maximum absolute atomic E-state index is 14.3. The van der Waals surface area contributed by atoms with Crippen LogP contribution in [0.4, 0.5) is 4.39 Å². The molecule has 1 aromatic rings. The minimum Gasteiger partial charge on any atom is -0.353 e. The van der Waals surface area contributed by atoms with Gasteiger partial charge in [-0.3, -0.25) is 4.79 Å². The second-order valence-electron chi connectivity index (χ2n) is 9.49. The lowest BCUT2D eigenvalue weighted by molar-refractivity contribution is -0.137. The van der Waals surface area contributed by atoms with Crippen LogP contribution in [0.3, 0.4) is 0 Å². The fourth-order valence-electron chi connectivity index (χ4n) is 5.08. The molecule has 0 radical (unpaired) electrons. The normalized spacial score (nSPS) is 28.3. The molecular weight excluding hydrogens is 365 g/mol. The van der Waals surface area contributed by atoms with Crippen LogP contribution in [0.5, 0.6) is 0 Å². The SMILES string of the molecule is CN=N/C(=C\C(C)[C@@H]1CCC(C)(C(=O)NC2CCC2)C1(C)C)c1ccccc1F. The maximum Gasteiger partial charge on any atom is 0.226 e. The van der Waals surface area contributed by atoms with Crippen molar-refractivity contribution < 1.29 is 9.18 Å². The molecule has 5 heteroatoms. The van der Waals surface area contributed by atoms with E-state index in [2.05, 4.69) is 43.2 Å². The van der Waals surface area contributed by atoms with Crippen molar-refractivity contribution in [2.45, 2.75) is 65.8 Å². The van der Waals surface area contributed by atoms with Gasteiger partial charge in [-0.1, -0.05) is 45.9 Å². The Hall–Kier alpha value is -2.04. The number of hydrogen-bond donors (Lipinski definition) is 1. The number of azo groups is 1. The van der Waals surface area contributed by atoms with E-state index in [1.165, 1.54) is 12.5 Å². The first-order valence-electron chi connectivity index (χ1n) is 10.8. The topological polar surface area (TPSA) is 53.8 Å². The van der Waals surface area contributed by atoms with Gasteiger partial charge >= 0.3 is 0 Å². The van der Waals surface area contributed by atoms with Crippen LogP contribution in [0.1, 0.15) is 65.4 Å². The van der Waals surface area contributed by atoms with Gasteiger partial charge in [-0.2, -0.15) is 10.2 Å². The van der Waals surface area contributed by atoms with E-state index >= 15 is 0 Å². The van der Waals surface area contributed by atoms with Gasteiger partial charge in [0.15, 0.2) is 0 Å². The van der Waals surface area contributed by atoms with Gasteiger partial charge in [0.1, 0.15) is 5.82 Å². The molecule has 4 nitrogen and oxygen atoms in total. The first-order chi connectivity index (χ1) is 13.7. The molecule has 1 aromatic carbocycles. The molecule has 0 aromatic heterocycles. The number of benzene rings is 1. The predicted molar refractivity (Wildman–Crippen MR) is 115 cm³/mol. The van der Waals surface area contributed by atoms with Crippen molar-refractivity contribution in [3.63, 3.8) is 0 Å². The Kier molecular flexibility index (Phi) is 6.25. The molecule has 2 fully saturated rings. The van der Waals surface area contributed by atoms with Crippen molar-refractivity contribution >= 4 is 11.6 Å². The Balaban J connectivity index is 1.84. The zero-order chi connectivity index (χ0) is 21.2. The number of hydrogen-bond acceptors (Lipinski definition) is 3. The Labute approximate surface area is 174 Å². The summed E-state index contributed by atoms with van der Waals surface area (Å²) in [5.41, 5.74) is 0.438. The van der Waals surface area contributed by atoms with E-state index in [1.807, 2.05) is 12.1 Å². The number of carbonyl (C=O) groups is 1. The Morgan fingerprint density at radius 1 is 1.24 bits per heavy atom. The third-order valence-corrected chi connectivity index (χ3v) is 7.66. The highest BCUT2D eigenvalue weighted by molar-refractivity contribution is 5.84. The lowest BCUT2D eigenvalue weighted by Crippen LogP contribution is -2.51. The molecule has 29 heavy (non-hydrogen) atoms. The van der Waals surface area contributed by atoms with E-state index < -0.39 is 5.41 Å². The molecular formula is C24H34FN3O. The Bertz CT molecular complexity index is 812. The molecule has 1 amide bonds. The lowest BCUT2D eigenvalue weighted by Gasteiger charge is -2.43. The standard InChI is InChI=1S/C24H34FN3O/c1-16(15-21(28-26-5)18-11-6-7-12-20(18)25)19-13-14-24(4,23(19,2)3)22(29)27-17-9-8-10-17/h6-7,11-12,15-17,19H,8-10,13-14H2,1-5H3,(H,27,29)/b21-15-,28-26?/t16?,19-,24?/m0/s1. The van der Waals surface area contributed by atoms with Gasteiger partial charge in [-0.25, -0.2) is 4.39 Å². The second-order valence-corrected chi connectivity index (χ2v) is 9.49. The predicted octanol–water partition coefficient (Wildman–Crippen LogP) is 6.00. The molecule has 1 N–H and O–H groups in total. The summed E-state index contributed by atoms with van der Waals surface area (Å²) in [6, 6.07) is 7.02. The average Bonchev–Trinajstić information content (AvgIpc) is 2.88. The molecule has 3 atom stereocenters. The Morgan fingerprint density at radius 3 is 2.52 bits per heavy atom. The first-order valence-corrected chi connectivity index (χ1v) is 10.8. The van der Waals surface area contributed by atoms with Gasteiger partial charge in [0.2, 0.25) is 5.91 Å². The number of amides is 1. The number of nitrogens with zero attached hydrogens (tertiary/aromatic N) is 2. The number of allylic oxidation sites excluding steroid dienone is 1. The van der Waals surface area contributed by atoms with Crippen LogP contribution >= 0.6 is 0 Å². The van der Waals surface area contributed by atoms with Crippen molar-refractivity contribution in [1.82, 2.24) is 5.32 Å². The molecule has 0 spiro atoms. The summed E-state index contributed by atoms with van der Waals surface area (Å²) in [7, 11) is 1.60. The fourth-order valence-corrected chi connectivity index (χ4v) is 5.08. The van der Waals surface area contributed by atoms with Gasteiger partial charge in [-0.15, -0.1) is 0 Å². The summed E-state index contributed by atoms with van der Waals surface area (Å²) in [4.78, 5) is 13.1. The van der Waals surface area contributed by atoms with E-state index in [4.69, 9.17) is 0 Å². The van der Waals surface area contributed by atoms with Gasteiger partial charge in [0.05, 0.1) is 11.1 Å². The van der Waals surface area contributed by atoms with Crippen LogP contribution in [0.2, 0.25) is 0 Å². The summed E-state index contributed by atoms with van der Waals surface area (Å²) in [5, 5.41) is 11.4. The van der Waals surface area contributed by atoms with E-state index in [0.717, 1.165) is 25.7 Å². The maximum atomic E-state index is 14.3. The molecule has 2 saturated carbocycles. The monoisotopic (exact) mass is 399 g/mol. The minimum atomic E-state index is -0.403. The van der Waals surface area contributed by atoms with Gasteiger partial charge in [0, 0.05) is 18.7 Å². The first kappa shape index (κ1) is 21.7. The highest BCUT2D eigenvalue weighted by Crippen LogP contribution is 2.58. The summed E-state index contributed by atoms with van der Waals surface area (Å²) in [6.07, 6.45) is 7.25. The van der Waals surface area contributed by atoms with Crippen LogP contribution in [0, 0.1) is 28.5 Å². The highest BCUT2D eigenvalue weighted by Gasteiger charge is 2.56. The van der Waals surface area contributed by atoms with Crippen molar-refractivity contribution in [2.75, 3.05) is 7.05 Å². The number of halogens is 1. The molecule has 3 rings (SSSR count). The molecule has 158 valence electrons. The van der Waals surface area contributed by atoms with E-state index in [1.54, 1.807) is 19.2 Å². The molecule has 0 aliphatic heterocycles. The highest BCUT2D eigenvalue weighted by atomic mass is 19.1. The lowest BCUT2D eigenvalue weighted by atomic mass is 9.62. The zero-order valence-electron chi connectivity index (χ0n) is 18.3. The molecule has 2 aliphatic rings. The van der Waals surface area contributed by atoms with Crippen LogP contribution in [0.15, 0.2) is 40.6 Å². The molecule has 0 heterocycles. The molecule has 0 saturated heterocycles. The number of nitrogens with one attached hydrogen (secondary N) is 1. The van der Waals surface area contributed by atoms with Crippen molar-refractivity contribution in [3.05, 3.63) is 41.7 Å². The molecule has 2 aliphatic carbocycles. The molecule has 2 unspecified atom stereocenters. The smallest absolute Gasteiger partial charge is 0.226 e. The third kappa shape index (κ3) is 4.01. The van der Waals surface area contributed by atoms with Crippen molar-refractivity contribution in [3.8, 4) is 0 Å². The third-order valence-electron chi connectivity index (χ3n) is 7.66. The van der Waals surface area contributed by atoms with Gasteiger partial charge < -0.3 is 5.32 Å². The summed E-state index contributed by atoms with van der Waals surface area (Å²) in [5.74, 6) is 0.333. The van der Waals surface area contributed by atoms with E-state index in [9.17, 15) is 9.18 Å². The fraction of sp³-hybridized carbons (Fsp3) is 0.625. The largest absolute Gasteiger partial charge is 0.353 e. The van der Waals surface area contributed by atoms with Crippen LogP contribution in [0.25, 0.3) is 5.70 Å². The summed E-state index contributed by atoms with van der Waals surface area (Å²) in [6.45, 7) is 8.67.